The smallest absolute Gasteiger partial charge is 0.281 e. The summed E-state index contributed by atoms with van der Waals surface area (Å²) >= 11 is 1.24. The van der Waals surface area contributed by atoms with Crippen LogP contribution in [0.4, 0.5) is 5.69 Å². The van der Waals surface area contributed by atoms with Crippen LogP contribution in [0.25, 0.3) is 10.1 Å². The van der Waals surface area contributed by atoms with Gasteiger partial charge in [-0.05, 0) is 49.7 Å². The van der Waals surface area contributed by atoms with E-state index < -0.39 is 10.8 Å². The van der Waals surface area contributed by atoms with Gasteiger partial charge in [-0.2, -0.15) is 5.10 Å². The molecule has 0 saturated heterocycles. The van der Waals surface area contributed by atoms with Crippen LogP contribution in [-0.2, 0) is 0 Å². The molecular weight excluding hydrogens is 394 g/mol. The van der Waals surface area contributed by atoms with Crippen molar-refractivity contribution >= 4 is 39.2 Å². The second kappa shape index (κ2) is 8.70. The van der Waals surface area contributed by atoms with Gasteiger partial charge in [-0.3, -0.25) is 14.9 Å². The summed E-state index contributed by atoms with van der Waals surface area (Å²) in [5.41, 5.74) is 3.18. The van der Waals surface area contributed by atoms with Crippen LogP contribution in [0.15, 0.2) is 47.6 Å². The first-order valence-corrected chi connectivity index (χ1v) is 9.55. The third-order valence-corrected chi connectivity index (χ3v) is 4.98. The summed E-state index contributed by atoms with van der Waals surface area (Å²) in [4.78, 5) is 23.2. The van der Waals surface area contributed by atoms with Gasteiger partial charge < -0.3 is 9.47 Å². The molecule has 3 aromatic rings. The first-order chi connectivity index (χ1) is 13.9. The maximum absolute atomic E-state index is 12.3. The lowest BCUT2D eigenvalue weighted by atomic mass is 10.2. The standard InChI is InChI=1S/C20H19N3O5S/c1-12(2)28-16-6-4-13(8-17(16)27-3)11-21-22-20(24)19-10-14-9-15(23(25)26)5-7-18(14)29-19/h4-12H,1-3H3,(H,22,24). The Labute approximate surface area is 170 Å². The quantitative estimate of drug-likeness (QED) is 0.352. The van der Waals surface area contributed by atoms with Crippen molar-refractivity contribution in [3.05, 3.63) is 63.0 Å². The number of amides is 1. The highest BCUT2D eigenvalue weighted by atomic mass is 32.1. The van der Waals surface area contributed by atoms with Crippen molar-refractivity contribution in [3.63, 3.8) is 0 Å². The minimum Gasteiger partial charge on any atom is -0.493 e. The molecular formula is C20H19N3O5S. The first-order valence-electron chi connectivity index (χ1n) is 8.73. The number of benzene rings is 2. The number of carbonyl (C=O) groups excluding carboxylic acids is 1. The zero-order valence-electron chi connectivity index (χ0n) is 16.0. The van der Waals surface area contributed by atoms with E-state index in [1.165, 1.54) is 29.7 Å². The van der Waals surface area contributed by atoms with E-state index in [0.29, 0.717) is 21.8 Å². The van der Waals surface area contributed by atoms with Crippen LogP contribution < -0.4 is 14.9 Å². The fraction of sp³-hybridized carbons (Fsp3) is 0.200. The van der Waals surface area contributed by atoms with Crippen LogP contribution in [0.2, 0.25) is 0 Å². The summed E-state index contributed by atoms with van der Waals surface area (Å²) in [5.74, 6) is 0.806. The van der Waals surface area contributed by atoms with Gasteiger partial charge in [0.1, 0.15) is 0 Å². The van der Waals surface area contributed by atoms with Gasteiger partial charge in [0.2, 0.25) is 0 Å². The Morgan fingerprint density at radius 3 is 2.69 bits per heavy atom. The number of nitro benzene ring substituents is 1. The Balaban J connectivity index is 1.70. The number of nitrogens with zero attached hydrogens (tertiary/aromatic N) is 2. The molecule has 29 heavy (non-hydrogen) atoms. The summed E-state index contributed by atoms with van der Waals surface area (Å²) < 4.78 is 11.8. The van der Waals surface area contributed by atoms with Gasteiger partial charge in [0.25, 0.3) is 11.6 Å². The molecule has 0 radical (unpaired) electrons. The maximum atomic E-state index is 12.3. The molecule has 1 N–H and O–H groups in total. The largest absolute Gasteiger partial charge is 0.493 e. The first kappa shape index (κ1) is 20.3. The number of nitrogens with one attached hydrogen (secondary N) is 1. The van der Waals surface area contributed by atoms with Crippen molar-refractivity contribution in [2.24, 2.45) is 5.10 Å². The van der Waals surface area contributed by atoms with Gasteiger partial charge in [-0.15, -0.1) is 11.3 Å². The van der Waals surface area contributed by atoms with E-state index >= 15 is 0 Å². The van der Waals surface area contributed by atoms with Crippen LogP contribution in [0.3, 0.4) is 0 Å². The van der Waals surface area contributed by atoms with E-state index in [0.717, 1.165) is 10.3 Å². The third-order valence-electron chi connectivity index (χ3n) is 3.86. The summed E-state index contributed by atoms with van der Waals surface area (Å²) in [5, 5.41) is 15.5. The molecule has 0 fully saturated rings. The third kappa shape index (κ3) is 4.88. The summed E-state index contributed by atoms with van der Waals surface area (Å²) in [7, 11) is 1.55. The molecule has 1 aromatic heterocycles. The highest BCUT2D eigenvalue weighted by Gasteiger charge is 2.13. The van der Waals surface area contributed by atoms with E-state index in [1.54, 1.807) is 37.4 Å². The monoisotopic (exact) mass is 413 g/mol. The molecule has 2 aromatic carbocycles. The lowest BCUT2D eigenvalue weighted by Crippen LogP contribution is -2.16. The highest BCUT2D eigenvalue weighted by molar-refractivity contribution is 7.20. The van der Waals surface area contributed by atoms with Crippen molar-refractivity contribution in [2.45, 2.75) is 20.0 Å². The zero-order chi connectivity index (χ0) is 21.0. The van der Waals surface area contributed by atoms with Crippen molar-refractivity contribution in [3.8, 4) is 11.5 Å². The van der Waals surface area contributed by atoms with Gasteiger partial charge in [0.05, 0.1) is 29.2 Å². The Hall–Kier alpha value is -3.46. The SMILES string of the molecule is COc1cc(C=NNC(=O)c2cc3cc([N+](=O)[O-])ccc3s2)ccc1OC(C)C. The molecule has 0 aliphatic heterocycles. The fourth-order valence-corrected chi connectivity index (χ4v) is 3.53. The van der Waals surface area contributed by atoms with Crippen LogP contribution in [0.1, 0.15) is 29.1 Å². The van der Waals surface area contributed by atoms with E-state index in [1.807, 2.05) is 13.8 Å². The molecule has 0 unspecified atom stereocenters. The molecule has 0 saturated carbocycles. The number of hydrazone groups is 1. The molecule has 1 amide bonds. The Bertz CT molecular complexity index is 1090. The molecule has 0 bridgehead atoms. The number of carbonyl (C=O) groups is 1. The fourth-order valence-electron chi connectivity index (χ4n) is 2.59. The van der Waals surface area contributed by atoms with Gasteiger partial charge in [-0.1, -0.05) is 0 Å². The molecule has 0 atom stereocenters. The number of hydrogen-bond donors (Lipinski definition) is 1. The number of nitro groups is 1. The second-order valence-corrected chi connectivity index (χ2v) is 7.45. The van der Waals surface area contributed by atoms with Crippen molar-refractivity contribution in [2.75, 3.05) is 7.11 Å². The molecule has 3 rings (SSSR count). The summed E-state index contributed by atoms with van der Waals surface area (Å²) in [6.07, 6.45) is 1.52. The van der Waals surface area contributed by atoms with Gasteiger partial charge in [-0.25, -0.2) is 5.43 Å². The molecule has 150 valence electrons. The number of thiophene rings is 1. The van der Waals surface area contributed by atoms with E-state index in [4.69, 9.17) is 9.47 Å². The number of non-ortho nitro benzene ring substituents is 1. The van der Waals surface area contributed by atoms with Crippen molar-refractivity contribution < 1.29 is 19.2 Å². The van der Waals surface area contributed by atoms with Gasteiger partial charge in [0, 0.05) is 22.2 Å². The molecule has 0 spiro atoms. The minimum absolute atomic E-state index is 0.0147. The number of methoxy groups -OCH3 is 1. The normalized spacial score (nSPS) is 11.2. The number of rotatable bonds is 7. The van der Waals surface area contributed by atoms with E-state index in [-0.39, 0.29) is 11.8 Å². The number of fused-ring (bicyclic) bond motifs is 1. The van der Waals surface area contributed by atoms with Crippen LogP contribution in [-0.4, -0.2) is 30.3 Å². The average Bonchev–Trinajstić information content (AvgIpc) is 3.12. The van der Waals surface area contributed by atoms with Crippen LogP contribution in [0, 0.1) is 10.1 Å². The van der Waals surface area contributed by atoms with Gasteiger partial charge in [0.15, 0.2) is 11.5 Å². The van der Waals surface area contributed by atoms with E-state index in [9.17, 15) is 14.9 Å². The Morgan fingerprint density at radius 2 is 2.00 bits per heavy atom. The number of ether oxygens (including phenoxy) is 2. The topological polar surface area (TPSA) is 103 Å². The highest BCUT2D eigenvalue weighted by Crippen LogP contribution is 2.29. The second-order valence-electron chi connectivity index (χ2n) is 6.37. The lowest BCUT2D eigenvalue weighted by molar-refractivity contribution is -0.384. The van der Waals surface area contributed by atoms with Crippen LogP contribution >= 0.6 is 11.3 Å². The number of hydrogen-bond acceptors (Lipinski definition) is 7. The van der Waals surface area contributed by atoms with E-state index in [2.05, 4.69) is 10.5 Å². The molecule has 0 aliphatic rings. The minimum atomic E-state index is -0.465. The van der Waals surface area contributed by atoms with Gasteiger partial charge >= 0.3 is 0 Å². The Morgan fingerprint density at radius 1 is 1.21 bits per heavy atom. The molecule has 0 aliphatic carbocycles. The maximum Gasteiger partial charge on any atom is 0.281 e. The van der Waals surface area contributed by atoms with Crippen molar-refractivity contribution in [1.82, 2.24) is 5.43 Å². The average molecular weight is 413 g/mol. The summed E-state index contributed by atoms with van der Waals surface area (Å²) in [6, 6.07) is 11.4. The predicted octanol–water partition coefficient (Wildman–Crippen LogP) is 4.37. The van der Waals surface area contributed by atoms with Crippen molar-refractivity contribution in [1.29, 1.82) is 0 Å². The zero-order valence-corrected chi connectivity index (χ0v) is 16.9. The lowest BCUT2D eigenvalue weighted by Gasteiger charge is -2.13. The Kier molecular flexibility index (Phi) is 6.08. The molecule has 1 heterocycles. The van der Waals surface area contributed by atoms with Crippen LogP contribution in [0.5, 0.6) is 11.5 Å². The molecule has 8 nitrogen and oxygen atoms in total. The predicted molar refractivity (Wildman–Crippen MR) is 112 cm³/mol. The summed E-state index contributed by atoms with van der Waals surface area (Å²) in [6.45, 7) is 3.85. The molecule has 9 heteroatoms.